The molecule has 32 heavy (non-hydrogen) atoms. The number of rotatable bonds is 4. The summed E-state index contributed by atoms with van der Waals surface area (Å²) in [4.78, 5) is 6.43. The van der Waals surface area contributed by atoms with Crippen LogP contribution in [0.5, 0.6) is 0 Å². The van der Waals surface area contributed by atoms with Crippen molar-refractivity contribution in [1.82, 2.24) is 10.3 Å². The van der Waals surface area contributed by atoms with Crippen LogP contribution in [-0.4, -0.2) is 10.1 Å². The van der Waals surface area contributed by atoms with Crippen molar-refractivity contribution in [2.24, 2.45) is 0 Å². The van der Waals surface area contributed by atoms with Gasteiger partial charge in [-0.2, -0.15) is 0 Å². The third kappa shape index (κ3) is 3.75. The number of anilines is 1. The fourth-order valence-corrected chi connectivity index (χ4v) is 4.61. The average Bonchev–Trinajstić information content (AvgIpc) is 3.41. The molecular formula is C24H16Cl2FN3OS. The lowest BCUT2D eigenvalue weighted by Crippen LogP contribution is -2.29. The first kappa shape index (κ1) is 20.9. The molecule has 2 atom stereocenters. The van der Waals surface area contributed by atoms with Gasteiger partial charge < -0.3 is 14.6 Å². The van der Waals surface area contributed by atoms with Crippen molar-refractivity contribution in [1.29, 1.82) is 0 Å². The van der Waals surface area contributed by atoms with E-state index in [1.807, 2.05) is 47.4 Å². The van der Waals surface area contributed by atoms with E-state index in [-0.39, 0.29) is 17.9 Å². The van der Waals surface area contributed by atoms with Crippen molar-refractivity contribution in [3.05, 3.63) is 106 Å². The Morgan fingerprint density at radius 1 is 0.969 bits per heavy atom. The van der Waals surface area contributed by atoms with Crippen molar-refractivity contribution >= 4 is 46.2 Å². The maximum absolute atomic E-state index is 13.6. The molecule has 0 aliphatic carbocycles. The van der Waals surface area contributed by atoms with Crippen molar-refractivity contribution in [3.63, 3.8) is 0 Å². The second-order valence-electron chi connectivity index (χ2n) is 7.28. The SMILES string of the molecule is Fc1ccc(N2C(=S)NC(c3ccccn3)C2c2ccc(-c3cccc(Cl)c3Cl)o2)cc1. The van der Waals surface area contributed by atoms with Crippen LogP contribution in [0.15, 0.2) is 83.4 Å². The lowest BCUT2D eigenvalue weighted by molar-refractivity contribution is 0.439. The predicted molar refractivity (Wildman–Crippen MR) is 128 cm³/mol. The minimum atomic E-state index is -0.352. The van der Waals surface area contributed by atoms with Gasteiger partial charge in [-0.25, -0.2) is 4.39 Å². The smallest absolute Gasteiger partial charge is 0.174 e. The van der Waals surface area contributed by atoms with Gasteiger partial charge in [-0.1, -0.05) is 35.3 Å². The van der Waals surface area contributed by atoms with Gasteiger partial charge in [-0.15, -0.1) is 0 Å². The summed E-state index contributed by atoms with van der Waals surface area (Å²) in [5.74, 6) is 0.924. The van der Waals surface area contributed by atoms with Gasteiger partial charge in [-0.3, -0.25) is 4.98 Å². The van der Waals surface area contributed by atoms with Gasteiger partial charge in [0.2, 0.25) is 0 Å². The Balaban J connectivity index is 1.61. The lowest BCUT2D eigenvalue weighted by Gasteiger charge is -2.26. The summed E-state index contributed by atoms with van der Waals surface area (Å²) in [6.07, 6.45) is 1.73. The molecular weight excluding hydrogens is 468 g/mol. The maximum Gasteiger partial charge on any atom is 0.174 e. The van der Waals surface area contributed by atoms with Crippen LogP contribution in [0.3, 0.4) is 0 Å². The molecule has 1 aliphatic heterocycles. The van der Waals surface area contributed by atoms with Crippen LogP contribution >= 0.6 is 35.4 Å². The summed E-state index contributed by atoms with van der Waals surface area (Å²) in [7, 11) is 0. The zero-order valence-electron chi connectivity index (χ0n) is 16.5. The van der Waals surface area contributed by atoms with Gasteiger partial charge >= 0.3 is 0 Å². The molecule has 2 aromatic carbocycles. The molecule has 0 amide bonds. The number of aromatic nitrogens is 1. The van der Waals surface area contributed by atoms with E-state index in [2.05, 4.69) is 10.3 Å². The molecule has 0 saturated carbocycles. The summed E-state index contributed by atoms with van der Waals surface area (Å²) >= 11 is 18.3. The standard InChI is InChI=1S/C24H16Cl2FN3OS/c25-17-5-3-4-16(21(17)26)19-11-12-20(31-19)23-22(18-6-1-2-13-28-18)29-24(32)30(23)15-9-7-14(27)8-10-15/h1-13,22-23H,(H,29,32). The zero-order chi connectivity index (χ0) is 22.2. The number of hydrogen-bond donors (Lipinski definition) is 1. The molecule has 160 valence electrons. The number of furan rings is 1. The Labute approximate surface area is 199 Å². The second kappa shape index (κ2) is 8.54. The summed E-state index contributed by atoms with van der Waals surface area (Å²) < 4.78 is 19.9. The molecule has 3 heterocycles. The fourth-order valence-electron chi connectivity index (χ4n) is 3.87. The van der Waals surface area contributed by atoms with E-state index < -0.39 is 0 Å². The summed E-state index contributed by atoms with van der Waals surface area (Å²) in [6, 6.07) is 20.4. The van der Waals surface area contributed by atoms with Crippen molar-refractivity contribution in [2.75, 3.05) is 4.90 Å². The van der Waals surface area contributed by atoms with Crippen LogP contribution in [0.2, 0.25) is 10.0 Å². The van der Waals surface area contributed by atoms with Gasteiger partial charge in [0.15, 0.2) is 5.11 Å². The quantitative estimate of drug-likeness (QED) is 0.317. The molecule has 8 heteroatoms. The first-order valence-electron chi connectivity index (χ1n) is 9.83. The van der Waals surface area contributed by atoms with Crippen molar-refractivity contribution < 1.29 is 8.81 Å². The van der Waals surface area contributed by atoms with E-state index in [1.165, 1.54) is 12.1 Å². The zero-order valence-corrected chi connectivity index (χ0v) is 18.8. The number of pyridine rings is 1. The molecule has 5 rings (SSSR count). The Hall–Kier alpha value is -2.93. The predicted octanol–water partition coefficient (Wildman–Crippen LogP) is 6.96. The first-order valence-corrected chi connectivity index (χ1v) is 11.0. The molecule has 0 radical (unpaired) electrons. The van der Waals surface area contributed by atoms with Gasteiger partial charge in [0.1, 0.15) is 23.4 Å². The Kier molecular flexibility index (Phi) is 5.59. The molecule has 4 nitrogen and oxygen atoms in total. The fraction of sp³-hybridized carbons (Fsp3) is 0.0833. The number of nitrogens with zero attached hydrogens (tertiary/aromatic N) is 2. The second-order valence-corrected chi connectivity index (χ2v) is 8.45. The van der Waals surface area contributed by atoms with Gasteiger partial charge in [-0.05, 0) is 72.9 Å². The molecule has 4 aromatic rings. The highest BCUT2D eigenvalue weighted by atomic mass is 35.5. The van der Waals surface area contributed by atoms with E-state index in [1.54, 1.807) is 24.4 Å². The van der Waals surface area contributed by atoms with Crippen molar-refractivity contribution in [2.45, 2.75) is 12.1 Å². The Morgan fingerprint density at radius 2 is 1.78 bits per heavy atom. The van der Waals surface area contributed by atoms with Crippen LogP contribution in [-0.2, 0) is 0 Å². The van der Waals surface area contributed by atoms with E-state index in [9.17, 15) is 4.39 Å². The van der Waals surface area contributed by atoms with Crippen LogP contribution < -0.4 is 10.2 Å². The Morgan fingerprint density at radius 3 is 2.53 bits per heavy atom. The lowest BCUT2D eigenvalue weighted by atomic mass is 10.0. The average molecular weight is 484 g/mol. The number of nitrogens with one attached hydrogen (secondary N) is 1. The van der Waals surface area contributed by atoms with Gasteiger partial charge in [0, 0.05) is 17.4 Å². The number of hydrogen-bond acceptors (Lipinski definition) is 3. The number of thiocarbonyl (C=S) groups is 1. The van der Waals surface area contributed by atoms with E-state index >= 15 is 0 Å². The van der Waals surface area contributed by atoms with Crippen molar-refractivity contribution in [3.8, 4) is 11.3 Å². The molecule has 1 saturated heterocycles. The molecule has 0 spiro atoms. The van der Waals surface area contributed by atoms with E-state index in [0.717, 1.165) is 11.4 Å². The molecule has 0 bridgehead atoms. The molecule has 1 aliphatic rings. The number of benzene rings is 2. The van der Waals surface area contributed by atoms with Gasteiger partial charge in [0.25, 0.3) is 0 Å². The highest BCUT2D eigenvalue weighted by Gasteiger charge is 2.42. The molecule has 1 fully saturated rings. The first-order chi connectivity index (χ1) is 15.5. The minimum Gasteiger partial charge on any atom is -0.459 e. The third-order valence-corrected chi connectivity index (χ3v) is 6.47. The van der Waals surface area contributed by atoms with Crippen LogP contribution in [0.1, 0.15) is 23.5 Å². The summed E-state index contributed by atoms with van der Waals surface area (Å²) in [6.45, 7) is 0. The van der Waals surface area contributed by atoms with E-state index in [0.29, 0.717) is 32.2 Å². The van der Waals surface area contributed by atoms with Crippen LogP contribution in [0, 0.1) is 5.82 Å². The third-order valence-electron chi connectivity index (χ3n) is 5.34. The van der Waals surface area contributed by atoms with Gasteiger partial charge in [0.05, 0.1) is 21.8 Å². The summed E-state index contributed by atoms with van der Waals surface area (Å²) in [5.41, 5.74) is 2.25. The van der Waals surface area contributed by atoms with E-state index in [4.69, 9.17) is 39.8 Å². The monoisotopic (exact) mass is 483 g/mol. The molecule has 1 N–H and O–H groups in total. The van der Waals surface area contributed by atoms with Crippen LogP contribution in [0.4, 0.5) is 10.1 Å². The maximum atomic E-state index is 13.6. The number of halogens is 3. The highest BCUT2D eigenvalue weighted by molar-refractivity contribution is 7.80. The highest BCUT2D eigenvalue weighted by Crippen LogP contribution is 2.43. The summed E-state index contributed by atoms with van der Waals surface area (Å²) in [5, 5.41) is 4.71. The molecule has 2 unspecified atom stereocenters. The molecule has 2 aromatic heterocycles. The van der Waals surface area contributed by atoms with Crippen LogP contribution in [0.25, 0.3) is 11.3 Å². The largest absolute Gasteiger partial charge is 0.459 e. The normalized spacial score (nSPS) is 18.1. The topological polar surface area (TPSA) is 41.3 Å². The Bertz CT molecular complexity index is 1280. The minimum absolute atomic E-state index is 0.275.